The summed E-state index contributed by atoms with van der Waals surface area (Å²) >= 11 is 0. The molecule has 0 fully saturated rings. The number of carbonyl (C=O) groups excluding carboxylic acids is 1. The average Bonchev–Trinajstić information content (AvgIpc) is 2.92. The molecule has 4 rings (SSSR count). The van der Waals surface area contributed by atoms with Crippen molar-refractivity contribution < 1.29 is 14.3 Å². The number of nitrogens with zero attached hydrogens (tertiary/aromatic N) is 1. The molecule has 0 radical (unpaired) electrons. The molecule has 2 aromatic rings. The second kappa shape index (κ2) is 6.29. The summed E-state index contributed by atoms with van der Waals surface area (Å²) in [5.74, 6) is 1.81. The molecule has 0 unspecified atom stereocenters. The van der Waals surface area contributed by atoms with Crippen LogP contribution in [0.2, 0.25) is 0 Å². The lowest BCUT2D eigenvalue weighted by Crippen LogP contribution is -2.37. The van der Waals surface area contributed by atoms with Crippen LogP contribution in [0.1, 0.15) is 46.5 Å². The number of hydrogen-bond donors (Lipinski definition) is 0. The van der Waals surface area contributed by atoms with E-state index in [4.69, 9.17) is 9.47 Å². The van der Waals surface area contributed by atoms with Gasteiger partial charge >= 0.3 is 0 Å². The summed E-state index contributed by atoms with van der Waals surface area (Å²) in [6.07, 6.45) is 1.82. The van der Waals surface area contributed by atoms with Gasteiger partial charge in [-0.2, -0.15) is 0 Å². The van der Waals surface area contributed by atoms with Crippen molar-refractivity contribution in [2.75, 3.05) is 6.73 Å². The van der Waals surface area contributed by atoms with E-state index in [1.54, 1.807) is 0 Å². The maximum Gasteiger partial charge on any atom is 0.232 e. The first-order chi connectivity index (χ1) is 12.4. The van der Waals surface area contributed by atoms with Gasteiger partial charge in [-0.1, -0.05) is 29.8 Å². The van der Waals surface area contributed by atoms with Gasteiger partial charge in [0, 0.05) is 12.6 Å². The summed E-state index contributed by atoms with van der Waals surface area (Å²) in [7, 11) is 0. The van der Waals surface area contributed by atoms with Crippen LogP contribution in [0.15, 0.2) is 36.1 Å². The Labute approximate surface area is 154 Å². The van der Waals surface area contributed by atoms with E-state index in [9.17, 15) is 4.79 Å². The van der Waals surface area contributed by atoms with Gasteiger partial charge in [-0.05, 0) is 51.0 Å². The zero-order valence-electron chi connectivity index (χ0n) is 15.6. The van der Waals surface area contributed by atoms with Crippen LogP contribution in [-0.4, -0.2) is 23.5 Å². The molecule has 0 saturated heterocycles. The van der Waals surface area contributed by atoms with E-state index in [1.807, 2.05) is 50.3 Å². The molecule has 0 amide bonds. The monoisotopic (exact) mass is 349 g/mol. The Bertz CT molecular complexity index is 927. The summed E-state index contributed by atoms with van der Waals surface area (Å²) < 4.78 is 12.0. The first kappa shape index (κ1) is 16.9. The minimum absolute atomic E-state index is 0.0523. The number of allylic oxidation sites excluding steroid dienone is 1. The van der Waals surface area contributed by atoms with Gasteiger partial charge in [-0.3, -0.25) is 9.69 Å². The maximum absolute atomic E-state index is 13.0. The normalized spacial score (nSPS) is 17.9. The number of aryl methyl sites for hydroxylation is 2. The minimum atomic E-state index is -0.0523. The van der Waals surface area contributed by atoms with E-state index in [0.717, 1.165) is 34.5 Å². The lowest BCUT2D eigenvalue weighted by molar-refractivity contribution is 0.0673. The fourth-order valence-electron chi connectivity index (χ4n) is 3.49. The Morgan fingerprint density at radius 3 is 2.73 bits per heavy atom. The van der Waals surface area contributed by atoms with Gasteiger partial charge in [0.15, 0.2) is 5.76 Å². The van der Waals surface area contributed by atoms with Gasteiger partial charge in [0.25, 0.3) is 0 Å². The molecule has 2 aromatic carbocycles. The van der Waals surface area contributed by atoms with Crippen molar-refractivity contribution in [2.24, 2.45) is 0 Å². The van der Waals surface area contributed by atoms with Gasteiger partial charge < -0.3 is 9.47 Å². The highest BCUT2D eigenvalue weighted by Crippen LogP contribution is 2.44. The molecule has 0 spiro atoms. The van der Waals surface area contributed by atoms with Crippen LogP contribution in [-0.2, 0) is 6.54 Å². The molecular formula is C22H23NO3. The Morgan fingerprint density at radius 2 is 2.00 bits per heavy atom. The third-order valence-corrected chi connectivity index (χ3v) is 5.02. The highest BCUT2D eigenvalue weighted by atomic mass is 16.5. The molecule has 0 atom stereocenters. The molecule has 2 aliphatic rings. The lowest BCUT2D eigenvalue weighted by Gasteiger charge is -2.32. The molecule has 2 aliphatic heterocycles. The molecule has 134 valence electrons. The largest absolute Gasteiger partial charge is 0.478 e. The quantitative estimate of drug-likeness (QED) is 0.750. The average molecular weight is 349 g/mol. The van der Waals surface area contributed by atoms with Gasteiger partial charge in [-0.15, -0.1) is 0 Å². The molecule has 0 N–H and O–H groups in total. The van der Waals surface area contributed by atoms with Crippen LogP contribution in [0.4, 0.5) is 0 Å². The Kier molecular flexibility index (Phi) is 4.08. The van der Waals surface area contributed by atoms with E-state index >= 15 is 0 Å². The first-order valence-corrected chi connectivity index (χ1v) is 8.98. The van der Waals surface area contributed by atoms with E-state index in [0.29, 0.717) is 29.8 Å². The predicted molar refractivity (Wildman–Crippen MR) is 101 cm³/mol. The maximum atomic E-state index is 13.0. The van der Waals surface area contributed by atoms with Crippen LogP contribution in [0.3, 0.4) is 0 Å². The summed E-state index contributed by atoms with van der Waals surface area (Å²) in [5.41, 5.74) is 4.64. The first-order valence-electron chi connectivity index (χ1n) is 8.98. The van der Waals surface area contributed by atoms with Crippen molar-refractivity contribution >= 4 is 11.9 Å². The van der Waals surface area contributed by atoms with E-state index in [-0.39, 0.29) is 5.78 Å². The highest BCUT2D eigenvalue weighted by molar-refractivity contribution is 6.15. The van der Waals surface area contributed by atoms with Gasteiger partial charge in [0.1, 0.15) is 18.2 Å². The highest BCUT2D eigenvalue weighted by Gasteiger charge is 2.35. The standard InChI is InChI=1S/C22H23NO3/c1-13(2)23-11-17-18(25-12-23)9-15(4)20-21(24)19(26-22(17)20)10-16-7-5-6-14(3)8-16/h5-10,13H,11-12H2,1-4H3/b19-10-. The van der Waals surface area contributed by atoms with E-state index in [2.05, 4.69) is 18.7 Å². The van der Waals surface area contributed by atoms with Crippen LogP contribution < -0.4 is 9.47 Å². The Morgan fingerprint density at radius 1 is 1.19 bits per heavy atom. The smallest absolute Gasteiger partial charge is 0.232 e. The second-order valence-electron chi connectivity index (χ2n) is 7.34. The Balaban J connectivity index is 1.76. The van der Waals surface area contributed by atoms with Gasteiger partial charge in [0.05, 0.1) is 11.1 Å². The minimum Gasteiger partial charge on any atom is -0.478 e. The second-order valence-corrected chi connectivity index (χ2v) is 7.34. The van der Waals surface area contributed by atoms with E-state index < -0.39 is 0 Å². The van der Waals surface area contributed by atoms with Crippen LogP contribution >= 0.6 is 0 Å². The zero-order valence-corrected chi connectivity index (χ0v) is 15.6. The van der Waals surface area contributed by atoms with Gasteiger partial charge in [-0.25, -0.2) is 0 Å². The van der Waals surface area contributed by atoms with E-state index in [1.165, 1.54) is 0 Å². The number of Topliss-reactive ketones (excluding diaryl/α,β-unsaturated/α-hetero) is 1. The zero-order chi connectivity index (χ0) is 18.4. The number of benzene rings is 2. The van der Waals surface area contributed by atoms with Crippen molar-refractivity contribution in [3.05, 3.63) is 63.9 Å². The molecule has 4 heteroatoms. The van der Waals surface area contributed by atoms with Gasteiger partial charge in [0.2, 0.25) is 5.78 Å². The number of carbonyl (C=O) groups is 1. The predicted octanol–water partition coefficient (Wildman–Crippen LogP) is 4.48. The fourth-order valence-corrected chi connectivity index (χ4v) is 3.49. The SMILES string of the molecule is Cc1cccc(/C=C2\Oc3c4c(cc(C)c3C2=O)OCN(C(C)C)C4)c1. The number of fused-ring (bicyclic) bond motifs is 3. The summed E-state index contributed by atoms with van der Waals surface area (Å²) in [4.78, 5) is 15.2. The van der Waals surface area contributed by atoms with Crippen molar-refractivity contribution in [2.45, 2.75) is 40.3 Å². The molecule has 0 saturated carbocycles. The number of ether oxygens (including phenoxy) is 2. The number of ketones is 1. The topological polar surface area (TPSA) is 38.8 Å². The van der Waals surface area contributed by atoms with Crippen LogP contribution in [0.25, 0.3) is 6.08 Å². The van der Waals surface area contributed by atoms with Crippen molar-refractivity contribution in [1.82, 2.24) is 4.90 Å². The molecule has 0 aromatic heterocycles. The third-order valence-electron chi connectivity index (χ3n) is 5.02. The Hall–Kier alpha value is -2.59. The molecule has 0 bridgehead atoms. The summed E-state index contributed by atoms with van der Waals surface area (Å²) in [6, 6.07) is 10.4. The molecule has 2 heterocycles. The number of hydrogen-bond acceptors (Lipinski definition) is 4. The van der Waals surface area contributed by atoms with Crippen molar-refractivity contribution in [3.8, 4) is 11.5 Å². The third kappa shape index (κ3) is 2.80. The van der Waals surface area contributed by atoms with Crippen LogP contribution in [0, 0.1) is 13.8 Å². The van der Waals surface area contributed by atoms with Crippen LogP contribution in [0.5, 0.6) is 11.5 Å². The molecule has 4 nitrogen and oxygen atoms in total. The molecular weight excluding hydrogens is 326 g/mol. The van der Waals surface area contributed by atoms with Crippen molar-refractivity contribution in [1.29, 1.82) is 0 Å². The molecule has 26 heavy (non-hydrogen) atoms. The fraction of sp³-hybridized carbons (Fsp3) is 0.318. The summed E-state index contributed by atoms with van der Waals surface area (Å²) in [6.45, 7) is 9.53. The van der Waals surface area contributed by atoms with Crippen molar-refractivity contribution in [3.63, 3.8) is 0 Å². The molecule has 0 aliphatic carbocycles. The lowest BCUT2D eigenvalue weighted by atomic mass is 9.98. The number of rotatable bonds is 2. The summed E-state index contributed by atoms with van der Waals surface area (Å²) in [5, 5.41) is 0.